The van der Waals surface area contributed by atoms with E-state index in [2.05, 4.69) is 115 Å². The van der Waals surface area contributed by atoms with Crippen molar-refractivity contribution in [2.24, 2.45) is 76.7 Å². The molecule has 50 heteroatoms. The number of nitrogens with zero attached hydrogens (tertiary/aromatic N) is 27. The molecule has 0 saturated carbocycles. The van der Waals surface area contributed by atoms with E-state index in [0.29, 0.717) is 148 Å². The van der Waals surface area contributed by atoms with E-state index in [0.717, 1.165) is 35.0 Å². The maximum Gasteiger partial charge on any atom is 0.375 e. The lowest BCUT2D eigenvalue weighted by atomic mass is 10.1. The molecule has 1 N–H and O–H groups in total. The minimum Gasteiger partial charge on any atom is -0.491 e. The van der Waals surface area contributed by atoms with Crippen LogP contribution in [-0.4, -0.2) is 190 Å². The van der Waals surface area contributed by atoms with E-state index < -0.39 is 72.4 Å². The predicted molar refractivity (Wildman–Crippen MR) is 424 cm³/mol. The van der Waals surface area contributed by atoms with Crippen molar-refractivity contribution in [2.75, 3.05) is 140 Å². The third kappa shape index (κ3) is 30.7. The number of carbonyl (C=O) groups is 14. The second-order valence-electron chi connectivity index (χ2n) is 23.3. The molecule has 6 heterocycles. The minimum atomic E-state index is -0.754. The first-order valence-corrected chi connectivity index (χ1v) is 35.4. The quantitative estimate of drug-likeness (QED) is 0.00964. The molecule has 6 aliphatic heterocycles. The lowest BCUT2D eigenvalue weighted by Crippen LogP contribution is -2.27. The fourth-order valence-corrected chi connectivity index (χ4v) is 9.40. The number of amides is 25. The summed E-state index contributed by atoms with van der Waals surface area (Å²) < 4.78 is 42.3. The van der Waals surface area contributed by atoms with E-state index in [4.69, 9.17) is 60.9 Å². The molecule has 6 aromatic rings. The van der Waals surface area contributed by atoms with Crippen LogP contribution in [0.2, 0.25) is 0 Å². The molecule has 0 saturated heterocycles. The van der Waals surface area contributed by atoms with Gasteiger partial charge in [-0.1, -0.05) is 101 Å². The topological polar surface area (TPSA) is 639 Å². The zero-order chi connectivity index (χ0) is 88.7. The molecule has 0 unspecified atom stereocenters. The van der Waals surface area contributed by atoms with Crippen LogP contribution < -0.4 is 44.2 Å². The summed E-state index contributed by atoms with van der Waals surface area (Å²) in [6.45, 7) is 9.01. The Morgan fingerprint density at radius 1 is 0.374 bits per heavy atom. The van der Waals surface area contributed by atoms with Gasteiger partial charge in [0.15, 0.2) is 5.78 Å². The van der Waals surface area contributed by atoms with E-state index in [1.807, 2.05) is 19.1 Å². The Morgan fingerprint density at radius 2 is 0.659 bits per heavy atom. The molecule has 0 radical (unpaired) electrons. The van der Waals surface area contributed by atoms with Crippen molar-refractivity contribution < 1.29 is 105 Å². The van der Waals surface area contributed by atoms with Crippen LogP contribution in [0, 0.1) is 31.2 Å². The molecule has 0 bridgehead atoms. The highest BCUT2D eigenvalue weighted by molar-refractivity contribution is 6.21. The van der Waals surface area contributed by atoms with Gasteiger partial charge in [0.2, 0.25) is 5.91 Å². The molecule has 123 heavy (non-hydrogen) atoms. The van der Waals surface area contributed by atoms with Crippen LogP contribution in [0.1, 0.15) is 34.8 Å². The van der Waals surface area contributed by atoms with Crippen molar-refractivity contribution in [1.82, 2.24) is 0 Å². The first-order chi connectivity index (χ1) is 59.5. The summed E-state index contributed by atoms with van der Waals surface area (Å²) in [5.74, 6) is 5.72. The molecule has 0 fully saturated rings. The standard InChI is InChI=1S/C17H21N7O6.C16H20N6O6.C11H7N3O3.C10H4N6O2.C10H7N3O3.C9H7N3O2/c18-23-19-6-8-29-10-12-30-11-9-28-7-5-15(25)20-13-1-3-14(4-2-13)24-16(26)21-22-17(24)27;17-21-18-5-6-25-7-8-26-9-10-27-11-12-28-14-3-1-13(2-4-14)22-15(23)19-20-16(22)24;1-2-7-17-9-5-3-8(4-6-9)14-10(15)12-13-11(14)16;11-15-12-6-5-7-1-3-8(4-2-7)16-9(17)13-14-10(16)18;1-6(14)7-2-4-8(5-3-7)13-9(15)11-12-10(13)16;1-6-2-4-7(5-3-6)12-8(13)10-11-9(12)14/h1-4H,5-12H2,(H,20,25);1-4H,5-12H2;1,3-6H,7H2;1-4H;2-5H,1H3;2-5H,1H3. The maximum atomic E-state index is 11.9. The SMILES string of the molecule is C#CCOc1ccc(N2C(=O)N=NC2=O)cc1.CC(=O)c1ccc(N2C(=O)N=NC2=O)cc1.Cc1ccc(N2C(=O)N=NC2=O)cc1.[N-]=[N+]=NC#Cc1ccc(N2C(=O)N=NC2=O)cc1.[N-]=[N+]=NCCOCCOCCOCCC(=O)Nc1ccc(N2C(=O)N=NC2=O)cc1.[N-]=[N+]=NCCOCCOCCOCCOc1ccc(N2C(=O)N=NC2=O)cc1. The lowest BCUT2D eigenvalue weighted by molar-refractivity contribution is -0.117. The number of azo groups is 6. The Morgan fingerprint density at radius 3 is 0.976 bits per heavy atom. The van der Waals surface area contributed by atoms with Crippen molar-refractivity contribution in [2.45, 2.75) is 20.3 Å². The first-order valence-electron chi connectivity index (χ1n) is 35.4. The molecule has 50 nitrogen and oxygen atoms in total. The number of rotatable bonds is 35. The monoisotopic (exact) mass is 1690 g/mol. The average molecular weight is 1690 g/mol. The van der Waals surface area contributed by atoms with Crippen LogP contribution in [0.4, 0.5) is 97.3 Å². The summed E-state index contributed by atoms with van der Waals surface area (Å²) in [4.78, 5) is 171. The lowest BCUT2D eigenvalue weighted by Gasteiger charge is -2.12. The van der Waals surface area contributed by atoms with E-state index in [9.17, 15) is 67.1 Å². The second kappa shape index (κ2) is 50.7. The van der Waals surface area contributed by atoms with Crippen molar-refractivity contribution in [3.8, 4) is 35.8 Å². The summed E-state index contributed by atoms with van der Waals surface area (Å²) in [6, 6.07) is 31.9. The van der Waals surface area contributed by atoms with Gasteiger partial charge in [-0.15, -0.1) is 6.42 Å². The number of anilines is 7. The number of aryl methyl sites for hydroxylation is 1. The summed E-state index contributed by atoms with van der Waals surface area (Å²) in [5, 5.41) is 50.3. The number of carbonyl (C=O) groups excluding carboxylic acids is 14. The summed E-state index contributed by atoms with van der Waals surface area (Å²) in [7, 11) is 0. The third-order valence-corrected chi connectivity index (χ3v) is 15.0. The molecule has 630 valence electrons. The molecule has 0 spiro atoms. The summed E-state index contributed by atoms with van der Waals surface area (Å²) in [6.07, 6.45) is 5.20. The van der Waals surface area contributed by atoms with E-state index >= 15 is 0 Å². The molecule has 12 rings (SSSR count). The number of hydrogen-bond acceptors (Lipinski definition) is 25. The number of ketones is 1. The Hall–Kier alpha value is -16.7. The summed E-state index contributed by atoms with van der Waals surface area (Å²) in [5.41, 5.74) is 29.2. The van der Waals surface area contributed by atoms with Crippen LogP contribution in [-0.2, 0) is 33.2 Å². The van der Waals surface area contributed by atoms with Crippen molar-refractivity contribution in [3.63, 3.8) is 0 Å². The number of nitrogens with one attached hydrogen (secondary N) is 1. The van der Waals surface area contributed by atoms with Gasteiger partial charge >= 0.3 is 72.4 Å². The Kier molecular flexibility index (Phi) is 38.5. The number of urea groups is 12. The van der Waals surface area contributed by atoms with Crippen LogP contribution in [0.5, 0.6) is 11.5 Å². The fourth-order valence-electron chi connectivity index (χ4n) is 9.40. The number of terminal acetylenes is 1. The highest BCUT2D eigenvalue weighted by atomic mass is 16.6. The van der Waals surface area contributed by atoms with Gasteiger partial charge in [0.1, 0.15) is 24.7 Å². The van der Waals surface area contributed by atoms with Crippen molar-refractivity contribution >= 4 is 124 Å². The maximum absolute atomic E-state index is 11.9. The molecular weight excluding hydrogens is 1620 g/mol. The van der Waals surface area contributed by atoms with Crippen LogP contribution in [0.25, 0.3) is 31.3 Å². The molecule has 0 aromatic heterocycles. The summed E-state index contributed by atoms with van der Waals surface area (Å²) >= 11 is 0. The van der Waals surface area contributed by atoms with Crippen LogP contribution in [0.15, 0.2) is 222 Å². The molecule has 6 aliphatic rings. The number of Topliss-reactive ketones (excluding diaryl/α,β-unsaturated/α-hetero) is 1. The number of benzene rings is 6. The Labute approximate surface area is 693 Å². The van der Waals surface area contributed by atoms with Gasteiger partial charge in [-0.2, -0.15) is 0 Å². The molecule has 0 aliphatic carbocycles. The van der Waals surface area contributed by atoms with E-state index in [1.54, 1.807) is 84.9 Å². The predicted octanol–water partition coefficient (Wildman–Crippen LogP) is 15.8. The number of ether oxygens (including phenoxy) is 8. The van der Waals surface area contributed by atoms with E-state index in [1.165, 1.54) is 55.5 Å². The van der Waals surface area contributed by atoms with Gasteiger partial charge in [-0.3, -0.25) is 9.59 Å². The zero-order valence-corrected chi connectivity index (χ0v) is 64.5. The van der Waals surface area contributed by atoms with Gasteiger partial charge in [0.05, 0.1) is 120 Å². The minimum absolute atomic E-state index is 0.0833. The zero-order valence-electron chi connectivity index (χ0n) is 64.5. The Balaban J connectivity index is 0.000000207. The molecule has 6 aromatic carbocycles. The van der Waals surface area contributed by atoms with Gasteiger partial charge < -0.3 is 43.2 Å². The van der Waals surface area contributed by atoms with Gasteiger partial charge in [0, 0.05) is 44.6 Å². The second-order valence-corrected chi connectivity index (χ2v) is 23.3. The average Bonchev–Trinajstić information content (AvgIpc) is 1.74. The smallest absolute Gasteiger partial charge is 0.375 e. The fraction of sp³-hybridized carbons (Fsp3) is 0.260. The molecule has 25 amide bonds. The van der Waals surface area contributed by atoms with Crippen molar-refractivity contribution in [3.05, 3.63) is 194 Å². The number of hydrogen-bond donors (Lipinski definition) is 1. The first kappa shape index (κ1) is 93.5. The van der Waals surface area contributed by atoms with Crippen molar-refractivity contribution in [1.29, 1.82) is 0 Å². The third-order valence-electron chi connectivity index (χ3n) is 15.0. The molecule has 0 atom stereocenters. The van der Waals surface area contributed by atoms with Crippen LogP contribution in [0.3, 0.4) is 0 Å². The number of imide groups is 6. The van der Waals surface area contributed by atoms with Crippen LogP contribution >= 0.6 is 0 Å². The van der Waals surface area contributed by atoms with E-state index in [-0.39, 0.29) is 37.9 Å². The van der Waals surface area contributed by atoms with Gasteiger partial charge in [-0.05, 0) is 175 Å². The van der Waals surface area contributed by atoms with Gasteiger partial charge in [-0.25, -0.2) is 86.9 Å². The highest BCUT2D eigenvalue weighted by Crippen LogP contribution is 2.29. The largest absolute Gasteiger partial charge is 0.491 e. The highest BCUT2D eigenvalue weighted by Gasteiger charge is 2.34. The number of azide groups is 3. The van der Waals surface area contributed by atoms with Gasteiger partial charge in [0.25, 0.3) is 0 Å². The normalized spacial score (nSPS) is 13.6. The Bertz CT molecular complexity index is 5200. The molecular formula is C73H66N28O22.